The standard InChI is InChI=1S/C30H22Cl4N4O2/c1-17(29(39)36-20-12-10-19(31)11-13-20)35-30(40)21-8-5-9-24-27(21)38(16-18-6-3-2-4-7-18)28(37-24)25-22(32)14-15-23(33)26(25)34/h2-15,17H,16H2,1H3,(H,35,40)(H,36,39)/t17-/m0/s1. The van der Waals surface area contributed by atoms with Crippen LogP contribution in [-0.4, -0.2) is 27.4 Å². The van der Waals surface area contributed by atoms with Gasteiger partial charge in [-0.3, -0.25) is 9.59 Å². The van der Waals surface area contributed by atoms with Crippen molar-refractivity contribution >= 4 is 74.9 Å². The Morgan fingerprint density at radius 3 is 2.27 bits per heavy atom. The molecule has 1 aromatic heterocycles. The SMILES string of the molecule is C[C@H](NC(=O)c1cccc2nc(-c3c(Cl)ccc(Cl)c3Cl)n(Cc3ccccc3)c12)C(=O)Nc1ccc(Cl)cc1. The van der Waals surface area contributed by atoms with Gasteiger partial charge < -0.3 is 15.2 Å². The summed E-state index contributed by atoms with van der Waals surface area (Å²) in [7, 11) is 0. The number of amides is 2. The van der Waals surface area contributed by atoms with Crippen LogP contribution in [0.5, 0.6) is 0 Å². The first-order chi connectivity index (χ1) is 19.2. The van der Waals surface area contributed by atoms with Gasteiger partial charge in [0.2, 0.25) is 5.91 Å². The predicted octanol–water partition coefficient (Wildman–Crippen LogP) is 8.12. The Balaban J connectivity index is 1.55. The minimum atomic E-state index is -0.833. The third-order valence-electron chi connectivity index (χ3n) is 6.32. The number of carbonyl (C=O) groups is 2. The Bertz CT molecular complexity index is 1720. The zero-order valence-electron chi connectivity index (χ0n) is 21.1. The van der Waals surface area contributed by atoms with Gasteiger partial charge in [-0.15, -0.1) is 0 Å². The topological polar surface area (TPSA) is 76.0 Å². The lowest BCUT2D eigenvalue weighted by Crippen LogP contribution is -2.41. The van der Waals surface area contributed by atoms with E-state index in [1.807, 2.05) is 34.9 Å². The second kappa shape index (κ2) is 11.9. The Kier molecular flexibility index (Phi) is 8.33. The molecule has 2 N–H and O–H groups in total. The van der Waals surface area contributed by atoms with Gasteiger partial charge in [0.05, 0.1) is 37.2 Å². The Morgan fingerprint density at radius 1 is 0.850 bits per heavy atom. The third-order valence-corrected chi connectivity index (χ3v) is 7.69. The number of anilines is 1. The number of hydrogen-bond donors (Lipinski definition) is 2. The Labute approximate surface area is 250 Å². The number of fused-ring (bicyclic) bond motifs is 1. The van der Waals surface area contributed by atoms with E-state index in [0.29, 0.717) is 55.3 Å². The van der Waals surface area contributed by atoms with Crippen LogP contribution < -0.4 is 10.6 Å². The monoisotopic (exact) mass is 610 g/mol. The molecule has 40 heavy (non-hydrogen) atoms. The number of benzene rings is 4. The van der Waals surface area contributed by atoms with E-state index in [1.165, 1.54) is 0 Å². The van der Waals surface area contributed by atoms with Crippen molar-refractivity contribution in [2.45, 2.75) is 19.5 Å². The average molecular weight is 612 g/mol. The lowest BCUT2D eigenvalue weighted by atomic mass is 10.1. The number of nitrogens with one attached hydrogen (secondary N) is 2. The van der Waals surface area contributed by atoms with Crippen molar-refractivity contribution in [3.8, 4) is 11.4 Å². The van der Waals surface area contributed by atoms with Crippen molar-refractivity contribution in [1.82, 2.24) is 14.9 Å². The summed E-state index contributed by atoms with van der Waals surface area (Å²) in [5, 5.41) is 7.10. The molecule has 1 atom stereocenters. The first-order valence-electron chi connectivity index (χ1n) is 12.3. The molecule has 0 bridgehead atoms. The molecule has 5 rings (SSSR count). The molecule has 6 nitrogen and oxygen atoms in total. The van der Waals surface area contributed by atoms with Gasteiger partial charge >= 0.3 is 0 Å². The fourth-order valence-electron chi connectivity index (χ4n) is 4.34. The molecule has 0 aliphatic rings. The number of rotatable bonds is 7. The van der Waals surface area contributed by atoms with E-state index < -0.39 is 11.9 Å². The predicted molar refractivity (Wildman–Crippen MR) is 163 cm³/mol. The van der Waals surface area contributed by atoms with Gasteiger partial charge in [0, 0.05) is 17.3 Å². The number of halogens is 4. The van der Waals surface area contributed by atoms with Crippen LogP contribution in [0, 0.1) is 0 Å². The molecule has 0 aliphatic carbocycles. The molecular weight excluding hydrogens is 590 g/mol. The maximum atomic E-state index is 13.6. The normalized spacial score (nSPS) is 11.8. The summed E-state index contributed by atoms with van der Waals surface area (Å²) in [5.41, 5.74) is 3.47. The van der Waals surface area contributed by atoms with Crippen LogP contribution in [0.1, 0.15) is 22.8 Å². The number of carbonyl (C=O) groups excluding carboxylic acids is 2. The summed E-state index contributed by atoms with van der Waals surface area (Å²) in [6.07, 6.45) is 0. The maximum absolute atomic E-state index is 13.6. The number of imidazole rings is 1. The van der Waals surface area contributed by atoms with Crippen molar-refractivity contribution < 1.29 is 9.59 Å². The minimum Gasteiger partial charge on any atom is -0.340 e. The number of hydrogen-bond acceptors (Lipinski definition) is 3. The van der Waals surface area contributed by atoms with E-state index in [-0.39, 0.29) is 10.9 Å². The summed E-state index contributed by atoms with van der Waals surface area (Å²) in [4.78, 5) is 31.2. The number of nitrogens with zero attached hydrogens (tertiary/aromatic N) is 2. The lowest BCUT2D eigenvalue weighted by molar-refractivity contribution is -0.117. The highest BCUT2D eigenvalue weighted by Gasteiger charge is 2.25. The first-order valence-corrected chi connectivity index (χ1v) is 13.8. The van der Waals surface area contributed by atoms with Crippen molar-refractivity contribution in [1.29, 1.82) is 0 Å². The summed E-state index contributed by atoms with van der Waals surface area (Å²) < 4.78 is 1.89. The smallest absolute Gasteiger partial charge is 0.254 e. The van der Waals surface area contributed by atoms with Crippen LogP contribution in [0.2, 0.25) is 20.1 Å². The molecule has 0 aliphatic heterocycles. The highest BCUT2D eigenvalue weighted by molar-refractivity contribution is 6.46. The van der Waals surface area contributed by atoms with Gasteiger partial charge in [0.1, 0.15) is 11.9 Å². The maximum Gasteiger partial charge on any atom is 0.254 e. The molecular formula is C30H22Cl4N4O2. The first kappa shape index (κ1) is 28.0. The molecule has 202 valence electrons. The molecule has 10 heteroatoms. The minimum absolute atomic E-state index is 0.261. The van der Waals surface area contributed by atoms with E-state index >= 15 is 0 Å². The van der Waals surface area contributed by atoms with Crippen molar-refractivity contribution in [3.63, 3.8) is 0 Å². The third kappa shape index (κ3) is 5.81. The van der Waals surface area contributed by atoms with Crippen molar-refractivity contribution in [3.05, 3.63) is 116 Å². The highest BCUT2D eigenvalue weighted by Crippen LogP contribution is 2.40. The van der Waals surface area contributed by atoms with Crippen LogP contribution in [0.4, 0.5) is 5.69 Å². The van der Waals surface area contributed by atoms with E-state index in [2.05, 4.69) is 10.6 Å². The van der Waals surface area contributed by atoms with Crippen LogP contribution in [0.3, 0.4) is 0 Å². The van der Waals surface area contributed by atoms with Crippen LogP contribution >= 0.6 is 46.4 Å². The van der Waals surface area contributed by atoms with E-state index in [0.717, 1.165) is 5.56 Å². The molecule has 4 aromatic carbocycles. The highest BCUT2D eigenvalue weighted by atomic mass is 35.5. The zero-order chi connectivity index (χ0) is 28.4. The molecule has 0 unspecified atom stereocenters. The molecule has 0 saturated heterocycles. The Hall–Kier alpha value is -3.55. The molecule has 0 fully saturated rings. The van der Waals surface area contributed by atoms with E-state index in [4.69, 9.17) is 51.4 Å². The second-order valence-electron chi connectivity index (χ2n) is 9.09. The van der Waals surface area contributed by atoms with Crippen LogP contribution in [-0.2, 0) is 11.3 Å². The Morgan fingerprint density at radius 2 is 1.55 bits per heavy atom. The van der Waals surface area contributed by atoms with E-state index in [9.17, 15) is 9.59 Å². The number of aromatic nitrogens is 2. The van der Waals surface area contributed by atoms with Gasteiger partial charge in [-0.1, -0.05) is 82.8 Å². The van der Waals surface area contributed by atoms with Gasteiger partial charge in [0.25, 0.3) is 5.91 Å². The quantitative estimate of drug-likeness (QED) is 0.182. The van der Waals surface area contributed by atoms with Crippen LogP contribution in [0.25, 0.3) is 22.4 Å². The molecule has 2 amide bonds. The summed E-state index contributed by atoms with van der Waals surface area (Å²) in [6, 6.07) is 24.1. The molecule has 0 saturated carbocycles. The van der Waals surface area contributed by atoms with Crippen molar-refractivity contribution in [2.75, 3.05) is 5.32 Å². The lowest BCUT2D eigenvalue weighted by Gasteiger charge is -2.16. The summed E-state index contributed by atoms with van der Waals surface area (Å²) in [6.45, 7) is 1.99. The van der Waals surface area contributed by atoms with Gasteiger partial charge in [-0.05, 0) is 61.0 Å². The van der Waals surface area contributed by atoms with Gasteiger partial charge in [-0.25, -0.2) is 4.98 Å². The summed E-state index contributed by atoms with van der Waals surface area (Å²) in [5.74, 6) is -0.350. The van der Waals surface area contributed by atoms with Crippen molar-refractivity contribution in [2.24, 2.45) is 0 Å². The molecule has 0 spiro atoms. The van der Waals surface area contributed by atoms with E-state index in [1.54, 1.807) is 61.5 Å². The van der Waals surface area contributed by atoms with Crippen LogP contribution in [0.15, 0.2) is 84.9 Å². The largest absolute Gasteiger partial charge is 0.340 e. The molecule has 5 aromatic rings. The van der Waals surface area contributed by atoms with Gasteiger partial charge in [-0.2, -0.15) is 0 Å². The molecule has 0 radical (unpaired) electrons. The van der Waals surface area contributed by atoms with Gasteiger partial charge in [0.15, 0.2) is 0 Å². The summed E-state index contributed by atoms with van der Waals surface area (Å²) >= 11 is 25.5. The fourth-order valence-corrected chi connectivity index (χ4v) is 5.16. The molecule has 1 heterocycles. The second-order valence-corrected chi connectivity index (χ2v) is 10.7. The zero-order valence-corrected chi connectivity index (χ0v) is 24.1. The average Bonchev–Trinajstić information content (AvgIpc) is 3.30. The fraction of sp³-hybridized carbons (Fsp3) is 0.100. The number of para-hydroxylation sites is 1.